The molecule has 4 nitrogen and oxygen atoms in total. The summed E-state index contributed by atoms with van der Waals surface area (Å²) < 4.78 is 10.3. The van der Waals surface area contributed by atoms with E-state index >= 15 is 0 Å². The van der Waals surface area contributed by atoms with E-state index in [1.807, 2.05) is 6.92 Å². The van der Waals surface area contributed by atoms with Gasteiger partial charge in [0.25, 0.3) is 0 Å². The Balaban J connectivity index is 2.98. The van der Waals surface area contributed by atoms with Gasteiger partial charge in [-0.25, -0.2) is 0 Å². The van der Waals surface area contributed by atoms with Crippen molar-refractivity contribution in [3.05, 3.63) is 23.8 Å². The highest BCUT2D eigenvalue weighted by atomic mass is 16.5. The summed E-state index contributed by atoms with van der Waals surface area (Å²) in [5, 5.41) is 10.0. The van der Waals surface area contributed by atoms with Crippen molar-refractivity contribution in [3.63, 3.8) is 0 Å². The Bertz CT molecular complexity index is 339. The molecule has 0 saturated heterocycles. The lowest BCUT2D eigenvalue weighted by Gasteiger charge is -2.17. The molecule has 0 aliphatic rings. The number of hydrogen-bond donors (Lipinski definition) is 2. The molecule has 2 unspecified atom stereocenters. The van der Waals surface area contributed by atoms with Crippen LogP contribution < -0.4 is 15.2 Å². The van der Waals surface area contributed by atoms with Crippen LogP contribution >= 0.6 is 0 Å². The average Bonchev–Trinajstić information content (AvgIpc) is 2.27. The highest BCUT2D eigenvalue weighted by Gasteiger charge is 2.15. The molecule has 1 aromatic rings. The first-order valence-electron chi connectivity index (χ1n) is 5.24. The normalized spacial score (nSPS) is 14.3. The third-order valence-electron chi connectivity index (χ3n) is 2.39. The Hall–Kier alpha value is -1.26. The molecule has 4 heteroatoms. The first kappa shape index (κ1) is 12.8. The SMILES string of the molecule is COc1ccc(OC)c(C(O)CC(C)N)c1. The fourth-order valence-electron chi connectivity index (χ4n) is 1.58. The molecular weight excluding hydrogens is 206 g/mol. The molecule has 0 saturated carbocycles. The van der Waals surface area contributed by atoms with Gasteiger partial charge in [-0.05, 0) is 31.5 Å². The molecule has 0 aliphatic heterocycles. The summed E-state index contributed by atoms with van der Waals surface area (Å²) in [4.78, 5) is 0. The highest BCUT2D eigenvalue weighted by molar-refractivity contribution is 5.41. The van der Waals surface area contributed by atoms with Gasteiger partial charge in [-0.1, -0.05) is 0 Å². The van der Waals surface area contributed by atoms with Crippen LogP contribution in [0.15, 0.2) is 18.2 Å². The molecule has 1 rings (SSSR count). The van der Waals surface area contributed by atoms with Gasteiger partial charge in [0.2, 0.25) is 0 Å². The molecule has 2 atom stereocenters. The highest BCUT2D eigenvalue weighted by Crippen LogP contribution is 2.31. The number of ether oxygens (including phenoxy) is 2. The van der Waals surface area contributed by atoms with E-state index < -0.39 is 6.10 Å². The summed E-state index contributed by atoms with van der Waals surface area (Å²) in [5.74, 6) is 1.34. The third-order valence-corrected chi connectivity index (χ3v) is 2.39. The monoisotopic (exact) mass is 225 g/mol. The maximum atomic E-state index is 10.0. The summed E-state index contributed by atoms with van der Waals surface area (Å²) in [7, 11) is 3.16. The minimum Gasteiger partial charge on any atom is -0.497 e. The number of rotatable bonds is 5. The number of aliphatic hydroxyl groups is 1. The molecule has 0 amide bonds. The van der Waals surface area contributed by atoms with Crippen molar-refractivity contribution in [3.8, 4) is 11.5 Å². The fraction of sp³-hybridized carbons (Fsp3) is 0.500. The zero-order valence-corrected chi connectivity index (χ0v) is 9.93. The Morgan fingerprint density at radius 3 is 2.50 bits per heavy atom. The second-order valence-electron chi connectivity index (χ2n) is 3.84. The van der Waals surface area contributed by atoms with Crippen LogP contribution in [-0.4, -0.2) is 25.4 Å². The summed E-state index contributed by atoms with van der Waals surface area (Å²) in [6.07, 6.45) is -0.145. The van der Waals surface area contributed by atoms with Gasteiger partial charge < -0.3 is 20.3 Å². The molecule has 0 spiro atoms. The zero-order valence-electron chi connectivity index (χ0n) is 9.93. The van der Waals surface area contributed by atoms with Gasteiger partial charge >= 0.3 is 0 Å². The summed E-state index contributed by atoms with van der Waals surface area (Å²) in [5.41, 5.74) is 6.37. The summed E-state index contributed by atoms with van der Waals surface area (Å²) in [6, 6.07) is 5.27. The lowest BCUT2D eigenvalue weighted by Crippen LogP contribution is -2.18. The minimum atomic E-state index is -0.634. The quantitative estimate of drug-likeness (QED) is 0.796. The number of aliphatic hydroxyl groups excluding tert-OH is 1. The molecule has 0 aromatic heterocycles. The standard InChI is InChI=1S/C12H19NO3/c1-8(13)6-11(14)10-7-9(15-2)4-5-12(10)16-3/h4-5,7-8,11,14H,6,13H2,1-3H3. The van der Waals surface area contributed by atoms with E-state index in [4.69, 9.17) is 15.2 Å². The molecule has 0 fully saturated rings. The molecule has 0 radical (unpaired) electrons. The molecule has 0 bridgehead atoms. The second kappa shape index (κ2) is 5.72. The van der Waals surface area contributed by atoms with Gasteiger partial charge in [0.1, 0.15) is 11.5 Å². The van der Waals surface area contributed by atoms with Crippen molar-refractivity contribution in [1.82, 2.24) is 0 Å². The van der Waals surface area contributed by atoms with Gasteiger partial charge in [-0.2, -0.15) is 0 Å². The van der Waals surface area contributed by atoms with Crippen LogP contribution in [0.2, 0.25) is 0 Å². The molecule has 3 N–H and O–H groups in total. The van der Waals surface area contributed by atoms with Crippen LogP contribution in [0.5, 0.6) is 11.5 Å². The summed E-state index contributed by atoms with van der Waals surface area (Å²) in [6.45, 7) is 1.86. The Labute approximate surface area is 96.0 Å². The Morgan fingerprint density at radius 1 is 1.31 bits per heavy atom. The molecule has 90 valence electrons. The van der Waals surface area contributed by atoms with Crippen LogP contribution in [0.25, 0.3) is 0 Å². The lowest BCUT2D eigenvalue weighted by atomic mass is 10.0. The van der Waals surface area contributed by atoms with Crippen molar-refractivity contribution in [2.45, 2.75) is 25.5 Å². The van der Waals surface area contributed by atoms with Crippen LogP contribution in [0, 0.1) is 0 Å². The van der Waals surface area contributed by atoms with Crippen molar-refractivity contribution >= 4 is 0 Å². The van der Waals surface area contributed by atoms with Crippen molar-refractivity contribution in [1.29, 1.82) is 0 Å². The predicted octanol–water partition coefficient (Wildman–Crippen LogP) is 1.47. The molecule has 0 aliphatic carbocycles. The fourth-order valence-corrected chi connectivity index (χ4v) is 1.58. The van der Waals surface area contributed by atoms with Crippen molar-refractivity contribution in [2.24, 2.45) is 5.73 Å². The van der Waals surface area contributed by atoms with E-state index in [1.165, 1.54) is 0 Å². The first-order chi connectivity index (χ1) is 7.58. The second-order valence-corrected chi connectivity index (χ2v) is 3.84. The Kier molecular flexibility index (Phi) is 4.58. The first-order valence-corrected chi connectivity index (χ1v) is 5.24. The number of methoxy groups -OCH3 is 2. The van der Waals surface area contributed by atoms with Gasteiger partial charge in [-0.3, -0.25) is 0 Å². The van der Waals surface area contributed by atoms with Gasteiger partial charge in [0.15, 0.2) is 0 Å². The van der Waals surface area contributed by atoms with E-state index in [9.17, 15) is 5.11 Å². The predicted molar refractivity (Wildman–Crippen MR) is 62.8 cm³/mol. The summed E-state index contributed by atoms with van der Waals surface area (Å²) >= 11 is 0. The van der Waals surface area contributed by atoms with Crippen molar-refractivity contribution in [2.75, 3.05) is 14.2 Å². The van der Waals surface area contributed by atoms with E-state index in [0.717, 1.165) is 0 Å². The van der Waals surface area contributed by atoms with E-state index in [-0.39, 0.29) is 6.04 Å². The van der Waals surface area contributed by atoms with Gasteiger partial charge in [0.05, 0.1) is 20.3 Å². The molecule has 16 heavy (non-hydrogen) atoms. The van der Waals surface area contributed by atoms with E-state index in [1.54, 1.807) is 32.4 Å². The largest absolute Gasteiger partial charge is 0.497 e. The molecular formula is C12H19NO3. The van der Waals surface area contributed by atoms with Crippen LogP contribution in [0.4, 0.5) is 0 Å². The molecule has 0 heterocycles. The number of benzene rings is 1. The van der Waals surface area contributed by atoms with E-state index in [0.29, 0.717) is 23.5 Å². The van der Waals surface area contributed by atoms with Gasteiger partial charge in [0, 0.05) is 11.6 Å². The topological polar surface area (TPSA) is 64.7 Å². The number of hydrogen-bond acceptors (Lipinski definition) is 4. The number of nitrogens with two attached hydrogens (primary N) is 1. The minimum absolute atomic E-state index is 0.0640. The smallest absolute Gasteiger partial charge is 0.124 e. The zero-order chi connectivity index (χ0) is 12.1. The average molecular weight is 225 g/mol. The van der Waals surface area contributed by atoms with Crippen molar-refractivity contribution < 1.29 is 14.6 Å². The lowest BCUT2D eigenvalue weighted by molar-refractivity contribution is 0.156. The van der Waals surface area contributed by atoms with Crippen LogP contribution in [0.3, 0.4) is 0 Å². The van der Waals surface area contributed by atoms with Crippen LogP contribution in [-0.2, 0) is 0 Å². The van der Waals surface area contributed by atoms with Gasteiger partial charge in [-0.15, -0.1) is 0 Å². The third kappa shape index (κ3) is 3.12. The maximum Gasteiger partial charge on any atom is 0.124 e. The van der Waals surface area contributed by atoms with E-state index in [2.05, 4.69) is 0 Å². The molecule has 1 aromatic carbocycles. The van der Waals surface area contributed by atoms with Crippen LogP contribution in [0.1, 0.15) is 25.0 Å². The Morgan fingerprint density at radius 2 is 2.00 bits per heavy atom. The maximum absolute atomic E-state index is 10.0.